The first-order chi connectivity index (χ1) is 11.7. The van der Waals surface area contributed by atoms with Crippen LogP contribution >= 0.6 is 0 Å². The van der Waals surface area contributed by atoms with Crippen LogP contribution in [0.5, 0.6) is 5.75 Å². The molecule has 0 aliphatic rings. The number of hydrogen-bond donors (Lipinski definition) is 1. The van der Waals surface area contributed by atoms with Crippen LogP contribution in [0.1, 0.15) is 18.1 Å². The number of aryl methyl sites for hydroxylation is 2. The smallest absolute Gasteiger partial charge is 0.119 e. The molecule has 0 aliphatic heterocycles. The first-order valence-electron chi connectivity index (χ1n) is 8.15. The summed E-state index contributed by atoms with van der Waals surface area (Å²) in [5, 5.41) is 10.7. The molecule has 1 heterocycles. The third kappa shape index (κ3) is 2.75. The van der Waals surface area contributed by atoms with Gasteiger partial charge in [0.15, 0.2) is 0 Å². The van der Waals surface area contributed by atoms with E-state index in [1.807, 2.05) is 30.3 Å². The maximum absolute atomic E-state index is 9.72. The standard InChI is InChI=1S/C20H21N3O/c1-3-23-19-12-14(2)4-9-17(19)18(13-22)20(23)15-5-7-16(8-6-15)24-11-10-21/h4-9,12H,3,10-11,21H2,1-2H3. The van der Waals surface area contributed by atoms with Crippen molar-refractivity contribution in [2.24, 2.45) is 5.73 Å². The highest BCUT2D eigenvalue weighted by molar-refractivity contribution is 5.94. The molecule has 1 aromatic heterocycles. The minimum Gasteiger partial charge on any atom is -0.492 e. The Hall–Kier alpha value is -2.77. The molecule has 3 aromatic rings. The predicted molar refractivity (Wildman–Crippen MR) is 97.0 cm³/mol. The Kier molecular flexibility index (Phi) is 4.54. The molecule has 3 rings (SSSR count). The van der Waals surface area contributed by atoms with Crippen LogP contribution in [0.4, 0.5) is 0 Å². The van der Waals surface area contributed by atoms with Crippen LogP contribution in [0.15, 0.2) is 42.5 Å². The largest absolute Gasteiger partial charge is 0.492 e. The van der Waals surface area contributed by atoms with Crippen molar-refractivity contribution in [2.75, 3.05) is 13.2 Å². The molecule has 2 N–H and O–H groups in total. The Bertz CT molecular complexity index is 901. The van der Waals surface area contributed by atoms with Crippen molar-refractivity contribution in [1.29, 1.82) is 5.26 Å². The zero-order chi connectivity index (χ0) is 17.1. The van der Waals surface area contributed by atoms with Crippen molar-refractivity contribution in [2.45, 2.75) is 20.4 Å². The summed E-state index contributed by atoms with van der Waals surface area (Å²) in [7, 11) is 0. The van der Waals surface area contributed by atoms with Crippen LogP contribution in [0.25, 0.3) is 22.2 Å². The van der Waals surface area contributed by atoms with Gasteiger partial charge in [-0.25, -0.2) is 0 Å². The van der Waals surface area contributed by atoms with Crippen molar-refractivity contribution < 1.29 is 4.74 Å². The van der Waals surface area contributed by atoms with Gasteiger partial charge < -0.3 is 15.0 Å². The van der Waals surface area contributed by atoms with E-state index in [4.69, 9.17) is 10.5 Å². The number of fused-ring (bicyclic) bond motifs is 1. The number of benzene rings is 2. The van der Waals surface area contributed by atoms with Gasteiger partial charge in [-0.1, -0.05) is 12.1 Å². The molecule has 0 spiro atoms. The van der Waals surface area contributed by atoms with Crippen molar-refractivity contribution in [3.05, 3.63) is 53.6 Å². The van der Waals surface area contributed by atoms with Gasteiger partial charge in [0.1, 0.15) is 18.4 Å². The lowest BCUT2D eigenvalue weighted by molar-refractivity contribution is 0.328. The molecule has 4 heteroatoms. The summed E-state index contributed by atoms with van der Waals surface area (Å²) in [5.41, 5.74) is 10.5. The minimum absolute atomic E-state index is 0.490. The molecule has 0 aliphatic carbocycles. The second kappa shape index (κ2) is 6.77. The van der Waals surface area contributed by atoms with Crippen molar-refractivity contribution >= 4 is 10.9 Å². The third-order valence-electron chi connectivity index (χ3n) is 4.16. The Morgan fingerprint density at radius 1 is 1.17 bits per heavy atom. The van der Waals surface area contributed by atoms with Gasteiger partial charge in [0.05, 0.1) is 16.8 Å². The molecule has 2 aromatic carbocycles. The third-order valence-corrected chi connectivity index (χ3v) is 4.16. The Labute approximate surface area is 142 Å². The number of rotatable bonds is 5. The van der Waals surface area contributed by atoms with E-state index in [1.54, 1.807) is 0 Å². The summed E-state index contributed by atoms with van der Waals surface area (Å²) in [6.07, 6.45) is 0. The normalized spacial score (nSPS) is 10.8. The van der Waals surface area contributed by atoms with Crippen LogP contribution in [0.3, 0.4) is 0 Å². The highest BCUT2D eigenvalue weighted by Crippen LogP contribution is 2.34. The monoisotopic (exact) mass is 319 g/mol. The summed E-state index contributed by atoms with van der Waals surface area (Å²) in [6.45, 7) is 5.97. The molecule has 0 radical (unpaired) electrons. The highest BCUT2D eigenvalue weighted by Gasteiger charge is 2.17. The van der Waals surface area contributed by atoms with Crippen molar-refractivity contribution in [1.82, 2.24) is 4.57 Å². The molecular weight excluding hydrogens is 298 g/mol. The van der Waals surface area contributed by atoms with Crippen molar-refractivity contribution in [3.8, 4) is 23.1 Å². The lowest BCUT2D eigenvalue weighted by atomic mass is 10.1. The number of nitrogens with zero attached hydrogens (tertiary/aromatic N) is 2. The summed E-state index contributed by atoms with van der Waals surface area (Å²) in [4.78, 5) is 0. The lowest BCUT2D eigenvalue weighted by Gasteiger charge is -2.10. The van der Waals surface area contributed by atoms with E-state index in [-0.39, 0.29) is 0 Å². The number of ether oxygens (including phenoxy) is 1. The van der Waals surface area contributed by atoms with Gasteiger partial charge in [-0.05, 0) is 55.3 Å². The average Bonchev–Trinajstić information content (AvgIpc) is 2.92. The van der Waals surface area contributed by atoms with Crippen LogP contribution in [-0.2, 0) is 6.54 Å². The summed E-state index contributed by atoms with van der Waals surface area (Å²) >= 11 is 0. The fourth-order valence-corrected chi connectivity index (χ4v) is 3.09. The molecule has 0 bridgehead atoms. The SMILES string of the molecule is CCn1c(-c2ccc(OCCN)cc2)c(C#N)c2ccc(C)cc21. The molecule has 4 nitrogen and oxygen atoms in total. The van der Waals surface area contributed by atoms with E-state index in [2.05, 4.69) is 36.6 Å². The molecule has 0 atom stereocenters. The summed E-state index contributed by atoms with van der Waals surface area (Å²) in [6, 6.07) is 16.5. The Morgan fingerprint density at radius 3 is 2.54 bits per heavy atom. The van der Waals surface area contributed by atoms with E-state index >= 15 is 0 Å². The van der Waals surface area contributed by atoms with E-state index in [1.165, 1.54) is 5.56 Å². The molecule has 0 saturated heterocycles. The highest BCUT2D eigenvalue weighted by atomic mass is 16.5. The lowest BCUT2D eigenvalue weighted by Crippen LogP contribution is -2.10. The molecule has 0 unspecified atom stereocenters. The molecule has 122 valence electrons. The summed E-state index contributed by atoms with van der Waals surface area (Å²) in [5.74, 6) is 0.790. The zero-order valence-electron chi connectivity index (χ0n) is 14.0. The maximum atomic E-state index is 9.72. The molecular formula is C20H21N3O. The van der Waals surface area contributed by atoms with E-state index in [9.17, 15) is 5.26 Å². The van der Waals surface area contributed by atoms with Gasteiger partial charge >= 0.3 is 0 Å². The van der Waals surface area contributed by atoms with E-state index in [0.717, 1.165) is 40.0 Å². The minimum atomic E-state index is 0.490. The van der Waals surface area contributed by atoms with Gasteiger partial charge in [0, 0.05) is 18.5 Å². The number of hydrogen-bond acceptors (Lipinski definition) is 3. The van der Waals surface area contributed by atoms with Gasteiger partial charge in [-0.2, -0.15) is 5.26 Å². The van der Waals surface area contributed by atoms with E-state index < -0.39 is 0 Å². The number of nitriles is 1. The van der Waals surface area contributed by atoms with Gasteiger partial charge in [0.2, 0.25) is 0 Å². The Balaban J connectivity index is 2.16. The van der Waals surface area contributed by atoms with Crippen LogP contribution in [0.2, 0.25) is 0 Å². The fraction of sp³-hybridized carbons (Fsp3) is 0.250. The van der Waals surface area contributed by atoms with Gasteiger partial charge in [-0.15, -0.1) is 0 Å². The Morgan fingerprint density at radius 2 is 1.92 bits per heavy atom. The van der Waals surface area contributed by atoms with Crippen molar-refractivity contribution in [3.63, 3.8) is 0 Å². The first kappa shape index (κ1) is 16.1. The predicted octanol–water partition coefficient (Wildman–Crippen LogP) is 3.85. The zero-order valence-corrected chi connectivity index (χ0v) is 14.0. The van der Waals surface area contributed by atoms with E-state index in [0.29, 0.717) is 13.2 Å². The molecule has 0 saturated carbocycles. The molecule has 0 amide bonds. The first-order valence-corrected chi connectivity index (χ1v) is 8.15. The average molecular weight is 319 g/mol. The summed E-state index contributed by atoms with van der Waals surface area (Å²) < 4.78 is 7.74. The van der Waals surface area contributed by atoms with Crippen LogP contribution in [-0.4, -0.2) is 17.7 Å². The topological polar surface area (TPSA) is 64.0 Å². The maximum Gasteiger partial charge on any atom is 0.119 e. The second-order valence-corrected chi connectivity index (χ2v) is 5.76. The second-order valence-electron chi connectivity index (χ2n) is 5.76. The molecule has 24 heavy (non-hydrogen) atoms. The quantitative estimate of drug-likeness (QED) is 0.777. The molecule has 0 fully saturated rings. The number of nitrogens with two attached hydrogens (primary N) is 1. The van der Waals surface area contributed by atoms with Crippen LogP contribution in [0, 0.1) is 18.3 Å². The van der Waals surface area contributed by atoms with Gasteiger partial charge in [-0.3, -0.25) is 0 Å². The van der Waals surface area contributed by atoms with Crippen LogP contribution < -0.4 is 10.5 Å². The number of aromatic nitrogens is 1. The van der Waals surface area contributed by atoms with Gasteiger partial charge in [0.25, 0.3) is 0 Å². The fourth-order valence-electron chi connectivity index (χ4n) is 3.09.